The molecule has 2 N–H and O–H groups in total. The fourth-order valence-electron chi connectivity index (χ4n) is 3.74. The van der Waals surface area contributed by atoms with Crippen LogP contribution in [0.4, 0.5) is 10.1 Å². The van der Waals surface area contributed by atoms with E-state index < -0.39 is 15.8 Å². The minimum absolute atomic E-state index is 0.0228. The molecule has 2 aromatic carbocycles. The molecule has 13 heteroatoms. The van der Waals surface area contributed by atoms with Crippen LogP contribution < -0.4 is 20.3 Å². The molecule has 0 saturated carbocycles. The van der Waals surface area contributed by atoms with Crippen molar-refractivity contribution in [3.63, 3.8) is 0 Å². The molecule has 0 bridgehead atoms. The van der Waals surface area contributed by atoms with Crippen molar-refractivity contribution in [3.8, 4) is 17.0 Å². The number of hydrogen-bond donors (Lipinski definition) is 2. The minimum Gasteiger partial charge on any atom is -0.473 e. The molecule has 0 saturated heterocycles. The van der Waals surface area contributed by atoms with Gasteiger partial charge in [0.05, 0.1) is 28.4 Å². The Kier molecular flexibility index (Phi) is 8.17. The molecule has 1 amide bonds. The highest BCUT2D eigenvalue weighted by Gasteiger charge is 2.22. The molecule has 0 aliphatic carbocycles. The second kappa shape index (κ2) is 11.4. The third-order valence-electron chi connectivity index (χ3n) is 5.64. The molecule has 0 atom stereocenters. The van der Waals surface area contributed by atoms with Crippen LogP contribution in [-0.2, 0) is 21.4 Å². The summed E-state index contributed by atoms with van der Waals surface area (Å²) in [5.74, 6) is -0.859. The van der Waals surface area contributed by atoms with Gasteiger partial charge in [0.25, 0.3) is 15.6 Å². The molecule has 0 aliphatic rings. The number of sulfonamides is 1. The second-order valence-electron chi connectivity index (χ2n) is 8.82. The third kappa shape index (κ3) is 6.35. The zero-order valence-corrected chi connectivity index (χ0v) is 22.8. The fourth-order valence-corrected chi connectivity index (χ4v) is 5.32. The molecular formula is C26H25ClFN5O5S. The first kappa shape index (κ1) is 28.0. The van der Waals surface area contributed by atoms with Gasteiger partial charge in [-0.05, 0) is 55.8 Å². The van der Waals surface area contributed by atoms with Crippen molar-refractivity contribution in [3.05, 3.63) is 76.2 Å². The lowest BCUT2D eigenvalue weighted by molar-refractivity contribution is -0.120. The molecule has 39 heavy (non-hydrogen) atoms. The van der Waals surface area contributed by atoms with E-state index in [2.05, 4.69) is 20.0 Å². The van der Waals surface area contributed by atoms with E-state index in [1.165, 1.54) is 30.2 Å². The van der Waals surface area contributed by atoms with Crippen molar-refractivity contribution in [2.75, 3.05) is 11.8 Å². The highest BCUT2D eigenvalue weighted by molar-refractivity contribution is 7.92. The smallest absolute Gasteiger partial charge is 0.263 e. The number of nitrogens with one attached hydrogen (secondary N) is 2. The fraction of sp³-hybridized carbons (Fsp3) is 0.231. The predicted octanol–water partition coefficient (Wildman–Crippen LogP) is 3.98. The average molecular weight is 574 g/mol. The summed E-state index contributed by atoms with van der Waals surface area (Å²) in [6.07, 6.45) is 2.68. The number of nitrogens with zero attached hydrogens (tertiary/aromatic N) is 3. The van der Waals surface area contributed by atoms with Crippen LogP contribution in [0.5, 0.6) is 5.88 Å². The Hall–Kier alpha value is -4.03. The number of anilines is 1. The van der Waals surface area contributed by atoms with E-state index in [1.807, 2.05) is 0 Å². The van der Waals surface area contributed by atoms with E-state index in [1.54, 1.807) is 32.0 Å². The van der Waals surface area contributed by atoms with Gasteiger partial charge in [0.15, 0.2) is 0 Å². The Labute approximate surface area is 228 Å². The summed E-state index contributed by atoms with van der Waals surface area (Å²) in [5.41, 5.74) is 1.20. The van der Waals surface area contributed by atoms with Crippen LogP contribution in [0.3, 0.4) is 0 Å². The number of rotatable bonds is 9. The van der Waals surface area contributed by atoms with Gasteiger partial charge in [-0.3, -0.25) is 18.9 Å². The number of carbonyl (C=O) groups is 1. The molecule has 4 rings (SSSR count). The number of hydrogen-bond acceptors (Lipinski definition) is 7. The van der Waals surface area contributed by atoms with Crippen LogP contribution in [0.2, 0.25) is 5.02 Å². The van der Waals surface area contributed by atoms with Gasteiger partial charge in [-0.2, -0.15) is 0 Å². The topological polar surface area (TPSA) is 132 Å². The van der Waals surface area contributed by atoms with Crippen molar-refractivity contribution in [1.82, 2.24) is 19.9 Å². The highest BCUT2D eigenvalue weighted by atomic mass is 35.5. The first-order chi connectivity index (χ1) is 18.5. The molecular weight excluding hydrogens is 549 g/mol. The molecule has 0 radical (unpaired) electrons. The summed E-state index contributed by atoms with van der Waals surface area (Å²) in [6, 6.07) is 9.48. The van der Waals surface area contributed by atoms with Crippen molar-refractivity contribution in [2.24, 2.45) is 0 Å². The van der Waals surface area contributed by atoms with Gasteiger partial charge >= 0.3 is 0 Å². The highest BCUT2D eigenvalue weighted by Crippen LogP contribution is 2.33. The SMILES string of the molecule is CNC(=O)CCn1cnc2ccc(-c3cnc(OC(C)C)c(NS(=O)(=O)c4ccc(F)cc4Cl)c3)cc2c1=O. The van der Waals surface area contributed by atoms with Crippen LogP contribution in [-0.4, -0.2) is 42.0 Å². The maximum Gasteiger partial charge on any atom is 0.263 e. The summed E-state index contributed by atoms with van der Waals surface area (Å²) in [6.45, 7) is 3.68. The minimum atomic E-state index is -4.25. The number of amides is 1. The number of fused-ring (bicyclic) bond motifs is 1. The summed E-state index contributed by atoms with van der Waals surface area (Å²) in [7, 11) is -2.73. The van der Waals surface area contributed by atoms with Crippen LogP contribution in [0.15, 0.2) is 64.7 Å². The normalized spacial score (nSPS) is 11.5. The van der Waals surface area contributed by atoms with Crippen LogP contribution in [0.25, 0.3) is 22.0 Å². The molecule has 0 fully saturated rings. The van der Waals surface area contributed by atoms with Gasteiger partial charge in [-0.15, -0.1) is 0 Å². The van der Waals surface area contributed by atoms with E-state index in [-0.39, 0.29) is 52.0 Å². The maximum atomic E-state index is 13.5. The molecule has 0 spiro atoms. The zero-order chi connectivity index (χ0) is 28.3. The lowest BCUT2D eigenvalue weighted by atomic mass is 10.1. The largest absolute Gasteiger partial charge is 0.473 e. The number of ether oxygens (including phenoxy) is 1. The number of carbonyl (C=O) groups excluding carboxylic acids is 1. The molecule has 10 nitrogen and oxygen atoms in total. The summed E-state index contributed by atoms with van der Waals surface area (Å²) in [5, 5.41) is 2.54. The van der Waals surface area contributed by atoms with Gasteiger partial charge in [0.2, 0.25) is 11.8 Å². The van der Waals surface area contributed by atoms with Gasteiger partial charge in [0.1, 0.15) is 16.4 Å². The van der Waals surface area contributed by atoms with Gasteiger partial charge in [-0.25, -0.2) is 22.8 Å². The quantitative estimate of drug-likeness (QED) is 0.309. The summed E-state index contributed by atoms with van der Waals surface area (Å²) < 4.78 is 49.2. The predicted molar refractivity (Wildman–Crippen MR) is 146 cm³/mol. The van der Waals surface area contributed by atoms with Gasteiger partial charge in [0, 0.05) is 31.8 Å². The number of halogens is 2. The van der Waals surface area contributed by atoms with Crippen LogP contribution in [0, 0.1) is 5.82 Å². The molecule has 0 unspecified atom stereocenters. The number of aromatic nitrogens is 3. The Morgan fingerprint density at radius 2 is 1.90 bits per heavy atom. The van der Waals surface area contributed by atoms with E-state index in [9.17, 15) is 22.4 Å². The second-order valence-corrected chi connectivity index (χ2v) is 10.9. The number of pyridine rings is 1. The van der Waals surface area contributed by atoms with Crippen molar-refractivity contribution in [2.45, 2.75) is 37.8 Å². The molecule has 2 aromatic heterocycles. The zero-order valence-electron chi connectivity index (χ0n) is 21.2. The molecule has 4 aromatic rings. The molecule has 204 valence electrons. The van der Waals surface area contributed by atoms with Crippen molar-refractivity contribution >= 4 is 44.1 Å². The average Bonchev–Trinajstić information content (AvgIpc) is 2.88. The first-order valence-electron chi connectivity index (χ1n) is 11.8. The lowest BCUT2D eigenvalue weighted by Crippen LogP contribution is -2.25. The van der Waals surface area contributed by atoms with E-state index in [4.69, 9.17) is 16.3 Å². The Balaban J connectivity index is 1.76. The first-order valence-corrected chi connectivity index (χ1v) is 13.7. The Morgan fingerprint density at radius 3 is 2.59 bits per heavy atom. The van der Waals surface area contributed by atoms with Gasteiger partial charge in [-0.1, -0.05) is 17.7 Å². The van der Waals surface area contributed by atoms with Crippen molar-refractivity contribution in [1.29, 1.82) is 0 Å². The monoisotopic (exact) mass is 573 g/mol. The Bertz CT molecular complexity index is 1730. The van der Waals surface area contributed by atoms with Crippen molar-refractivity contribution < 1.29 is 22.3 Å². The molecule has 0 aliphatic heterocycles. The third-order valence-corrected chi connectivity index (χ3v) is 7.49. The number of benzene rings is 2. The van der Waals surface area contributed by atoms with E-state index in [0.29, 0.717) is 22.0 Å². The Morgan fingerprint density at radius 1 is 1.13 bits per heavy atom. The van der Waals surface area contributed by atoms with E-state index >= 15 is 0 Å². The van der Waals surface area contributed by atoms with Crippen LogP contribution >= 0.6 is 11.6 Å². The standard InChI is InChI=1S/C26H25ClFN5O5S/c1-15(2)38-25-22(32-39(36,37)23-7-5-18(28)12-20(23)27)11-17(13-30-25)16-4-6-21-19(10-16)26(35)33(14-31-21)9-8-24(34)29-3/h4-7,10-15,32H,8-9H2,1-3H3,(H,29,34). The maximum absolute atomic E-state index is 13.5. The summed E-state index contributed by atoms with van der Waals surface area (Å²) >= 11 is 6.00. The summed E-state index contributed by atoms with van der Waals surface area (Å²) in [4.78, 5) is 33.0. The van der Waals surface area contributed by atoms with E-state index in [0.717, 1.165) is 18.2 Å². The lowest BCUT2D eigenvalue weighted by Gasteiger charge is -2.16. The van der Waals surface area contributed by atoms with Crippen LogP contribution in [0.1, 0.15) is 20.3 Å². The molecule has 2 heterocycles. The van der Waals surface area contributed by atoms with Gasteiger partial charge < -0.3 is 10.1 Å². The number of aryl methyl sites for hydroxylation is 1.